The molecule has 1 N–H and O–H groups in total. The minimum atomic E-state index is -4.63. The number of ether oxygens (including phenoxy) is 2. The number of cyclic esters (lactones) is 1. The molecule has 2 aliphatic rings. The van der Waals surface area contributed by atoms with Gasteiger partial charge in [-0.25, -0.2) is 32.3 Å². The second kappa shape index (κ2) is 9.11. The van der Waals surface area contributed by atoms with Gasteiger partial charge in [0, 0.05) is 17.0 Å². The molecule has 14 heteroatoms. The van der Waals surface area contributed by atoms with Gasteiger partial charge >= 0.3 is 12.3 Å². The van der Waals surface area contributed by atoms with E-state index in [-0.39, 0.29) is 42.0 Å². The van der Waals surface area contributed by atoms with E-state index in [2.05, 4.69) is 14.7 Å². The molecule has 2 aliphatic heterocycles. The predicted octanol–water partition coefficient (Wildman–Crippen LogP) is 4.48. The number of benzene rings is 2. The third-order valence-electron chi connectivity index (χ3n) is 6.53. The van der Waals surface area contributed by atoms with E-state index in [1.54, 1.807) is 6.92 Å². The maximum atomic E-state index is 13.5. The normalized spacial score (nSPS) is 19.5. The molecule has 1 fully saturated rings. The highest BCUT2D eigenvalue weighted by atomic mass is 32.2. The first kappa shape index (κ1) is 25.7. The fourth-order valence-corrected chi connectivity index (χ4v) is 5.55. The van der Waals surface area contributed by atoms with Gasteiger partial charge in [0.25, 0.3) is 10.0 Å². The van der Waals surface area contributed by atoms with Crippen LogP contribution in [0.1, 0.15) is 30.0 Å². The number of hydrogen-bond acceptors (Lipinski definition) is 7. The van der Waals surface area contributed by atoms with Crippen LogP contribution in [0.3, 0.4) is 0 Å². The molecule has 3 aromatic rings. The Hall–Kier alpha value is -3.94. The van der Waals surface area contributed by atoms with Crippen molar-refractivity contribution in [3.8, 4) is 5.75 Å². The lowest BCUT2D eigenvalue weighted by Gasteiger charge is -2.38. The molecule has 38 heavy (non-hydrogen) atoms. The number of carbonyl (C=O) groups is 1. The summed E-state index contributed by atoms with van der Waals surface area (Å²) in [6.07, 6.45) is -3.42. The van der Waals surface area contributed by atoms with Crippen LogP contribution in [0.2, 0.25) is 0 Å². The average molecular weight is 553 g/mol. The predicted molar refractivity (Wildman–Crippen MR) is 126 cm³/mol. The highest BCUT2D eigenvalue weighted by molar-refractivity contribution is 7.92. The Kier molecular flexibility index (Phi) is 6.16. The first-order valence-corrected chi connectivity index (χ1v) is 12.8. The maximum Gasteiger partial charge on any atom is 0.416 e. The van der Waals surface area contributed by atoms with E-state index < -0.39 is 39.1 Å². The quantitative estimate of drug-likeness (QED) is 0.465. The molecule has 200 valence electrons. The number of aromatic nitrogens is 2. The molecule has 3 heterocycles. The van der Waals surface area contributed by atoms with E-state index in [0.717, 1.165) is 29.4 Å². The lowest BCUT2D eigenvalue weighted by molar-refractivity contribution is -0.137. The molecule has 0 aliphatic carbocycles. The van der Waals surface area contributed by atoms with Gasteiger partial charge in [0.15, 0.2) is 5.82 Å². The summed E-state index contributed by atoms with van der Waals surface area (Å²) < 4.78 is 92.4. The van der Waals surface area contributed by atoms with E-state index in [0.29, 0.717) is 17.5 Å². The number of halogens is 4. The van der Waals surface area contributed by atoms with Crippen molar-refractivity contribution in [3.63, 3.8) is 0 Å². The summed E-state index contributed by atoms with van der Waals surface area (Å²) in [6, 6.07) is 7.31. The minimum Gasteiger partial charge on any atom is -0.493 e. The van der Waals surface area contributed by atoms with E-state index in [1.165, 1.54) is 24.3 Å². The van der Waals surface area contributed by atoms with Crippen molar-refractivity contribution < 1.29 is 40.2 Å². The van der Waals surface area contributed by atoms with Gasteiger partial charge in [-0.05, 0) is 30.2 Å². The maximum absolute atomic E-state index is 13.5. The summed E-state index contributed by atoms with van der Waals surface area (Å²) in [5, 5.41) is 0. The summed E-state index contributed by atoms with van der Waals surface area (Å²) >= 11 is 0. The van der Waals surface area contributed by atoms with Crippen molar-refractivity contribution in [2.75, 3.05) is 29.4 Å². The lowest BCUT2D eigenvalue weighted by atomic mass is 9.71. The molecule has 2 aromatic carbocycles. The summed E-state index contributed by atoms with van der Waals surface area (Å²) in [4.78, 5) is 20.5. The van der Waals surface area contributed by atoms with Crippen LogP contribution in [0.5, 0.6) is 5.75 Å². The molecular weight excluding hydrogens is 532 g/mol. The number of alkyl halides is 3. The monoisotopic (exact) mass is 552 g/mol. The topological polar surface area (TPSA) is 111 Å². The molecule has 0 radical (unpaired) electrons. The number of anilines is 2. The van der Waals surface area contributed by atoms with Crippen LogP contribution in [0, 0.1) is 5.82 Å². The molecule has 0 spiro atoms. The summed E-state index contributed by atoms with van der Waals surface area (Å²) in [7, 11) is -4.18. The Labute approximate surface area is 214 Å². The number of sulfonamides is 1. The van der Waals surface area contributed by atoms with Gasteiger partial charge in [0.2, 0.25) is 5.95 Å². The van der Waals surface area contributed by atoms with E-state index >= 15 is 0 Å². The summed E-state index contributed by atoms with van der Waals surface area (Å²) in [5.41, 5.74) is -0.838. The van der Waals surface area contributed by atoms with Crippen molar-refractivity contribution in [3.05, 3.63) is 71.3 Å². The molecule has 0 unspecified atom stereocenters. The van der Waals surface area contributed by atoms with Crippen LogP contribution in [0.15, 0.2) is 53.7 Å². The first-order valence-electron chi connectivity index (χ1n) is 11.3. The van der Waals surface area contributed by atoms with Crippen LogP contribution >= 0.6 is 0 Å². The summed E-state index contributed by atoms with van der Waals surface area (Å²) in [6.45, 7) is 2.05. The van der Waals surface area contributed by atoms with Crippen LogP contribution < -0.4 is 14.4 Å². The SMILES string of the molecule is C[C@@]1(c2ccc(C(F)(F)F)cc2N2CCOC2=O)CCOc2cc(S(=O)(=O)Nc3ncc(F)cn3)ccc21. The zero-order valence-electron chi connectivity index (χ0n) is 19.8. The van der Waals surface area contributed by atoms with Gasteiger partial charge in [0.05, 0.1) is 41.7 Å². The standard InChI is InChI=1S/C24H20F4N4O5S/c1-23(17-4-2-14(24(26,27)28)10-19(17)32-7-9-37-22(32)33)6-8-36-20-11-16(3-5-18(20)23)38(34,35)31-21-29-12-15(25)13-30-21/h2-5,10-13H,6-9H2,1H3,(H,29,30,31)/t23-/m0/s1. The van der Waals surface area contributed by atoms with Crippen LogP contribution in [0.25, 0.3) is 0 Å². The second-order valence-electron chi connectivity index (χ2n) is 8.91. The zero-order chi connectivity index (χ0) is 27.3. The molecule has 1 saturated heterocycles. The Morgan fingerprint density at radius 1 is 1.03 bits per heavy atom. The third kappa shape index (κ3) is 4.59. The van der Waals surface area contributed by atoms with E-state index in [1.807, 2.05) is 0 Å². The highest BCUT2D eigenvalue weighted by Crippen LogP contribution is 2.48. The Morgan fingerprint density at radius 3 is 2.39 bits per heavy atom. The molecule has 1 atom stereocenters. The van der Waals surface area contributed by atoms with Gasteiger partial charge in [0.1, 0.15) is 12.4 Å². The number of fused-ring (bicyclic) bond motifs is 1. The van der Waals surface area contributed by atoms with Crippen LogP contribution in [-0.4, -0.2) is 44.2 Å². The smallest absolute Gasteiger partial charge is 0.416 e. The Balaban J connectivity index is 1.57. The van der Waals surface area contributed by atoms with Gasteiger partial charge in [-0.2, -0.15) is 13.2 Å². The Morgan fingerprint density at radius 2 is 1.74 bits per heavy atom. The number of amides is 1. The summed E-state index contributed by atoms with van der Waals surface area (Å²) in [5.74, 6) is -0.863. The molecular formula is C24H20F4N4O5S. The minimum absolute atomic E-state index is 0.0386. The van der Waals surface area contributed by atoms with Gasteiger partial charge in [-0.1, -0.05) is 19.1 Å². The molecule has 5 rings (SSSR count). The molecule has 1 amide bonds. The number of rotatable bonds is 5. The number of nitrogens with one attached hydrogen (secondary N) is 1. The van der Waals surface area contributed by atoms with Crippen LogP contribution in [0.4, 0.5) is 34.0 Å². The highest BCUT2D eigenvalue weighted by Gasteiger charge is 2.41. The molecule has 0 saturated carbocycles. The molecule has 9 nitrogen and oxygen atoms in total. The molecule has 1 aromatic heterocycles. The largest absolute Gasteiger partial charge is 0.493 e. The van der Waals surface area contributed by atoms with Crippen molar-refractivity contribution in [2.24, 2.45) is 0 Å². The van der Waals surface area contributed by atoms with Crippen molar-refractivity contribution in [1.82, 2.24) is 9.97 Å². The number of hydrogen-bond donors (Lipinski definition) is 1. The fourth-order valence-electron chi connectivity index (χ4n) is 4.58. The van der Waals surface area contributed by atoms with Gasteiger partial charge < -0.3 is 9.47 Å². The van der Waals surface area contributed by atoms with Crippen molar-refractivity contribution >= 4 is 27.8 Å². The van der Waals surface area contributed by atoms with Gasteiger partial charge in [-0.3, -0.25) is 4.90 Å². The van der Waals surface area contributed by atoms with Crippen LogP contribution in [-0.2, 0) is 26.4 Å². The lowest BCUT2D eigenvalue weighted by Crippen LogP contribution is -2.35. The van der Waals surface area contributed by atoms with Crippen molar-refractivity contribution in [1.29, 1.82) is 0 Å². The Bertz CT molecular complexity index is 1520. The van der Waals surface area contributed by atoms with E-state index in [9.17, 15) is 30.8 Å². The van der Waals surface area contributed by atoms with Gasteiger partial charge in [-0.15, -0.1) is 0 Å². The average Bonchev–Trinajstić information content (AvgIpc) is 3.30. The fraction of sp³-hybridized carbons (Fsp3) is 0.292. The van der Waals surface area contributed by atoms with Crippen molar-refractivity contribution in [2.45, 2.75) is 29.8 Å². The third-order valence-corrected chi connectivity index (χ3v) is 7.86. The number of nitrogens with zero attached hydrogens (tertiary/aromatic N) is 3. The zero-order valence-corrected chi connectivity index (χ0v) is 20.6. The molecule has 0 bridgehead atoms. The second-order valence-corrected chi connectivity index (χ2v) is 10.6. The first-order chi connectivity index (χ1) is 17.9. The number of carbonyl (C=O) groups excluding carboxylic acids is 1. The van der Waals surface area contributed by atoms with E-state index in [4.69, 9.17) is 9.47 Å².